The molecule has 0 aliphatic carbocycles. The van der Waals surface area contributed by atoms with Gasteiger partial charge >= 0.3 is 0 Å². The second-order valence-corrected chi connectivity index (χ2v) is 7.93. The second kappa shape index (κ2) is 7.92. The minimum Gasteiger partial charge on any atom is -0.344 e. The van der Waals surface area contributed by atoms with Crippen molar-refractivity contribution in [1.29, 1.82) is 0 Å². The first-order valence-electron chi connectivity index (χ1n) is 9.07. The van der Waals surface area contributed by atoms with Gasteiger partial charge in [0.25, 0.3) is 17.4 Å². The van der Waals surface area contributed by atoms with Gasteiger partial charge in [-0.1, -0.05) is 59.1 Å². The van der Waals surface area contributed by atoms with E-state index in [0.717, 1.165) is 4.90 Å². The molecular weight excluding hydrogens is 463 g/mol. The number of aromatic nitrogens is 2. The van der Waals surface area contributed by atoms with Crippen LogP contribution >= 0.6 is 34.8 Å². The molecule has 0 saturated carbocycles. The first-order chi connectivity index (χ1) is 14.7. The number of benzene rings is 2. The molecule has 0 fully saturated rings. The Morgan fingerprint density at radius 1 is 0.871 bits per heavy atom. The maximum atomic E-state index is 13.1. The molecule has 0 bridgehead atoms. The van der Waals surface area contributed by atoms with E-state index in [1.807, 2.05) is 18.2 Å². The number of halogens is 3. The van der Waals surface area contributed by atoms with E-state index in [1.165, 1.54) is 16.8 Å². The Hall–Kier alpha value is -3.00. The van der Waals surface area contributed by atoms with Gasteiger partial charge in [-0.05, 0) is 31.2 Å². The zero-order chi connectivity index (χ0) is 22.4. The van der Waals surface area contributed by atoms with Crippen molar-refractivity contribution in [2.24, 2.45) is 7.05 Å². The van der Waals surface area contributed by atoms with Gasteiger partial charge in [-0.3, -0.25) is 19.1 Å². The van der Waals surface area contributed by atoms with E-state index in [0.29, 0.717) is 11.4 Å². The molecule has 0 saturated heterocycles. The summed E-state index contributed by atoms with van der Waals surface area (Å²) < 4.78 is 3.08. The highest BCUT2D eigenvalue weighted by Crippen LogP contribution is 2.37. The number of carbonyl (C=O) groups is 2. The van der Waals surface area contributed by atoms with Gasteiger partial charge in [-0.2, -0.15) is 0 Å². The molecule has 0 spiro atoms. The van der Waals surface area contributed by atoms with Gasteiger partial charge in [0, 0.05) is 7.05 Å². The zero-order valence-electron chi connectivity index (χ0n) is 16.3. The lowest BCUT2D eigenvalue weighted by Gasteiger charge is -2.17. The van der Waals surface area contributed by atoms with Crippen molar-refractivity contribution in [2.75, 3.05) is 10.2 Å². The highest BCUT2D eigenvalue weighted by molar-refractivity contribution is 6.54. The standard InChI is InChI=1S/C21H15Cl3N4O3/c1-11-17(21(31)28(26(11)2)12-7-4-3-5-8-12)25-18-16(24)19(29)27(20(18)30)14-10-6-9-13(22)15(14)23/h3-10,25H,1-2H3. The Morgan fingerprint density at radius 2 is 1.55 bits per heavy atom. The summed E-state index contributed by atoms with van der Waals surface area (Å²) in [6.07, 6.45) is 0. The molecule has 2 aromatic carbocycles. The van der Waals surface area contributed by atoms with Crippen LogP contribution in [0.4, 0.5) is 11.4 Å². The topological polar surface area (TPSA) is 76.3 Å². The molecule has 158 valence electrons. The van der Waals surface area contributed by atoms with Gasteiger partial charge in [0.1, 0.15) is 16.4 Å². The summed E-state index contributed by atoms with van der Waals surface area (Å²) in [5, 5.41) is 2.65. The van der Waals surface area contributed by atoms with Crippen LogP contribution in [0, 0.1) is 6.92 Å². The number of imide groups is 1. The van der Waals surface area contributed by atoms with Crippen LogP contribution < -0.4 is 15.8 Å². The van der Waals surface area contributed by atoms with Crippen LogP contribution in [0.1, 0.15) is 5.69 Å². The number of anilines is 2. The fourth-order valence-corrected chi connectivity index (χ4v) is 3.93. The number of amides is 2. The Morgan fingerprint density at radius 3 is 2.23 bits per heavy atom. The molecule has 3 aromatic rings. The maximum absolute atomic E-state index is 13.1. The van der Waals surface area contributed by atoms with E-state index in [-0.39, 0.29) is 32.1 Å². The summed E-state index contributed by atoms with van der Waals surface area (Å²) >= 11 is 18.4. The molecule has 1 aliphatic rings. The van der Waals surface area contributed by atoms with E-state index in [9.17, 15) is 14.4 Å². The molecule has 1 aromatic heterocycles. The number of nitrogens with one attached hydrogen (secondary N) is 1. The fourth-order valence-electron chi connectivity index (χ4n) is 3.33. The Kier molecular flexibility index (Phi) is 5.43. The van der Waals surface area contributed by atoms with Gasteiger partial charge in [0.05, 0.1) is 27.1 Å². The molecule has 1 aliphatic heterocycles. The minimum absolute atomic E-state index is 0.0407. The number of rotatable bonds is 4. The zero-order valence-corrected chi connectivity index (χ0v) is 18.6. The molecular formula is C21H15Cl3N4O3. The lowest BCUT2D eigenvalue weighted by Crippen LogP contribution is -2.33. The average Bonchev–Trinajstić information content (AvgIpc) is 3.09. The van der Waals surface area contributed by atoms with E-state index in [2.05, 4.69) is 5.32 Å². The number of nitrogens with zero attached hydrogens (tertiary/aromatic N) is 3. The predicted molar refractivity (Wildman–Crippen MR) is 121 cm³/mol. The highest BCUT2D eigenvalue weighted by atomic mass is 35.5. The van der Waals surface area contributed by atoms with Gasteiger partial charge in [-0.25, -0.2) is 9.58 Å². The number of para-hydroxylation sites is 1. The summed E-state index contributed by atoms with van der Waals surface area (Å²) in [5.41, 5.74) is 0.805. The first-order valence-corrected chi connectivity index (χ1v) is 10.2. The summed E-state index contributed by atoms with van der Waals surface area (Å²) in [6.45, 7) is 1.71. The fraction of sp³-hybridized carbons (Fsp3) is 0.0952. The number of hydrogen-bond donors (Lipinski definition) is 1. The van der Waals surface area contributed by atoms with E-state index < -0.39 is 17.4 Å². The largest absolute Gasteiger partial charge is 0.344 e. The smallest absolute Gasteiger partial charge is 0.295 e. The third-order valence-electron chi connectivity index (χ3n) is 5.00. The lowest BCUT2D eigenvalue weighted by atomic mass is 10.3. The molecule has 0 radical (unpaired) electrons. The molecule has 0 unspecified atom stereocenters. The van der Waals surface area contributed by atoms with Crippen LogP contribution in [-0.2, 0) is 16.6 Å². The van der Waals surface area contributed by atoms with E-state index in [4.69, 9.17) is 34.8 Å². The third-order valence-corrected chi connectivity index (χ3v) is 6.16. The molecule has 1 N–H and O–H groups in total. The van der Waals surface area contributed by atoms with Crippen LogP contribution in [0.3, 0.4) is 0 Å². The van der Waals surface area contributed by atoms with Crippen molar-refractivity contribution in [3.8, 4) is 5.69 Å². The SMILES string of the molecule is Cc1c(NC2=C(Cl)C(=O)N(c3cccc(Cl)c3Cl)C2=O)c(=O)n(-c2ccccc2)n1C. The molecule has 10 heteroatoms. The van der Waals surface area contributed by atoms with E-state index >= 15 is 0 Å². The predicted octanol–water partition coefficient (Wildman–Crippen LogP) is 4.23. The summed E-state index contributed by atoms with van der Waals surface area (Å²) in [6, 6.07) is 13.6. The summed E-state index contributed by atoms with van der Waals surface area (Å²) in [7, 11) is 1.71. The van der Waals surface area contributed by atoms with Crippen LogP contribution in [-0.4, -0.2) is 21.2 Å². The van der Waals surface area contributed by atoms with Crippen molar-refractivity contribution in [2.45, 2.75) is 6.92 Å². The first kappa shape index (κ1) is 21.2. The number of hydrogen-bond acceptors (Lipinski definition) is 4. The molecule has 0 atom stereocenters. The number of carbonyl (C=O) groups excluding carboxylic acids is 2. The van der Waals surface area contributed by atoms with Gasteiger partial charge in [0.2, 0.25) is 0 Å². The van der Waals surface area contributed by atoms with Crippen molar-refractivity contribution < 1.29 is 9.59 Å². The van der Waals surface area contributed by atoms with Crippen molar-refractivity contribution in [3.05, 3.63) is 85.4 Å². The molecule has 31 heavy (non-hydrogen) atoms. The molecule has 2 amide bonds. The van der Waals surface area contributed by atoms with Crippen molar-refractivity contribution in [3.63, 3.8) is 0 Å². The Labute approximate surface area is 192 Å². The summed E-state index contributed by atoms with van der Waals surface area (Å²) in [4.78, 5) is 39.7. The minimum atomic E-state index is -0.768. The summed E-state index contributed by atoms with van der Waals surface area (Å²) in [5.74, 6) is -1.51. The normalized spacial score (nSPS) is 14.0. The average molecular weight is 478 g/mol. The van der Waals surface area contributed by atoms with Crippen LogP contribution in [0.25, 0.3) is 5.69 Å². The monoisotopic (exact) mass is 476 g/mol. The molecule has 7 nitrogen and oxygen atoms in total. The third kappa shape index (κ3) is 3.35. The highest BCUT2D eigenvalue weighted by Gasteiger charge is 2.40. The lowest BCUT2D eigenvalue weighted by molar-refractivity contribution is -0.120. The van der Waals surface area contributed by atoms with Crippen molar-refractivity contribution >= 4 is 58.0 Å². The van der Waals surface area contributed by atoms with E-state index in [1.54, 1.807) is 36.9 Å². The van der Waals surface area contributed by atoms with Gasteiger partial charge in [0.15, 0.2) is 0 Å². The van der Waals surface area contributed by atoms with Crippen LogP contribution in [0.15, 0.2) is 64.1 Å². The Balaban J connectivity index is 1.76. The van der Waals surface area contributed by atoms with Gasteiger partial charge < -0.3 is 5.32 Å². The van der Waals surface area contributed by atoms with Gasteiger partial charge in [-0.15, -0.1) is 0 Å². The molecule has 2 heterocycles. The Bertz CT molecular complexity index is 1330. The van der Waals surface area contributed by atoms with Crippen LogP contribution in [0.5, 0.6) is 0 Å². The quantitative estimate of drug-likeness (QED) is 0.571. The second-order valence-electron chi connectivity index (χ2n) is 6.77. The molecule has 4 rings (SSSR count). The van der Waals surface area contributed by atoms with Crippen molar-refractivity contribution in [1.82, 2.24) is 9.36 Å². The maximum Gasteiger partial charge on any atom is 0.295 e. The van der Waals surface area contributed by atoms with Crippen LogP contribution in [0.2, 0.25) is 10.0 Å².